The van der Waals surface area contributed by atoms with E-state index in [0.717, 1.165) is 0 Å². The number of nitrogens with one attached hydrogen (secondary N) is 1. The zero-order valence-corrected chi connectivity index (χ0v) is 6.19. The van der Waals surface area contributed by atoms with Crippen LogP contribution in [0.25, 0.3) is 0 Å². The number of quaternary nitrogens is 1. The molecule has 0 bridgehead atoms. The Morgan fingerprint density at radius 1 is 1.27 bits per heavy atom. The third kappa shape index (κ3) is 2.88. The molecule has 1 atom stereocenters. The van der Waals surface area contributed by atoms with Crippen molar-refractivity contribution in [3.8, 4) is 0 Å². The van der Waals surface area contributed by atoms with Gasteiger partial charge in [0.25, 0.3) is 0 Å². The summed E-state index contributed by atoms with van der Waals surface area (Å²) in [5.41, 5.74) is 0.697. The Labute approximate surface area is 64.7 Å². The average Bonchev–Trinajstić information content (AvgIpc) is 2.03. The van der Waals surface area contributed by atoms with Crippen molar-refractivity contribution in [2.45, 2.75) is 0 Å². The maximum atomic E-state index is 10.4. The molecule has 0 aliphatic rings. The highest BCUT2D eigenvalue weighted by atomic mass is 16.5. The number of benzene rings is 1. The van der Waals surface area contributed by atoms with Crippen LogP contribution in [0.1, 0.15) is 0 Å². The van der Waals surface area contributed by atoms with Crippen LogP contribution in [0.3, 0.4) is 0 Å². The molecule has 0 aromatic heterocycles. The Kier molecular flexibility index (Phi) is 2.71. The van der Waals surface area contributed by atoms with Crippen LogP contribution in [0.2, 0.25) is 0 Å². The summed E-state index contributed by atoms with van der Waals surface area (Å²) in [7, 11) is 1.37. The first kappa shape index (κ1) is 7.84. The van der Waals surface area contributed by atoms with Crippen molar-refractivity contribution in [1.82, 2.24) is 0 Å². The van der Waals surface area contributed by atoms with Crippen molar-refractivity contribution in [2.75, 3.05) is 7.05 Å². The van der Waals surface area contributed by atoms with E-state index in [9.17, 15) is 5.21 Å². The Morgan fingerprint density at radius 2 is 1.91 bits per heavy atom. The molecule has 1 rings (SSSR count). The molecule has 1 unspecified atom stereocenters. The Morgan fingerprint density at radius 3 is 2.45 bits per heavy atom. The van der Waals surface area contributed by atoms with Crippen LogP contribution in [0.5, 0.6) is 0 Å². The lowest BCUT2D eigenvalue weighted by molar-refractivity contribution is -0.838. The minimum atomic E-state index is -0.283. The van der Waals surface area contributed by atoms with Crippen LogP contribution in [0, 0.1) is 5.21 Å². The second-order valence-corrected chi connectivity index (χ2v) is 2.05. The summed E-state index contributed by atoms with van der Waals surface area (Å²) in [6.07, 6.45) is 0. The van der Waals surface area contributed by atoms with E-state index in [4.69, 9.17) is 0 Å². The van der Waals surface area contributed by atoms with Gasteiger partial charge in [0.05, 0.1) is 12.7 Å². The lowest BCUT2D eigenvalue weighted by atomic mass is 10.3. The molecule has 0 heterocycles. The van der Waals surface area contributed by atoms with Crippen LogP contribution in [0.15, 0.2) is 40.7 Å². The summed E-state index contributed by atoms with van der Waals surface area (Å²) < 4.78 is 0. The first-order valence-electron chi connectivity index (χ1n) is 3.26. The molecule has 0 aliphatic carbocycles. The molecule has 0 amide bonds. The fourth-order valence-electron chi connectivity index (χ4n) is 0.623. The molecule has 0 fully saturated rings. The highest BCUT2D eigenvalue weighted by Crippen LogP contribution is 2.08. The predicted octanol–water partition coefficient (Wildman–Crippen LogP) is 0.698. The zero-order valence-electron chi connectivity index (χ0n) is 6.19. The summed E-state index contributed by atoms with van der Waals surface area (Å²) in [4.78, 5) is 0. The molecule has 1 N–H and O–H groups in total. The van der Waals surface area contributed by atoms with Gasteiger partial charge in [0, 0.05) is 5.22 Å². The first-order valence-corrected chi connectivity index (χ1v) is 3.26. The van der Waals surface area contributed by atoms with Gasteiger partial charge >= 0.3 is 0 Å². The summed E-state index contributed by atoms with van der Waals surface area (Å²) in [5.74, 6) is 0. The van der Waals surface area contributed by atoms with Crippen molar-refractivity contribution < 1.29 is 5.17 Å². The zero-order chi connectivity index (χ0) is 8.10. The molecule has 0 spiro atoms. The van der Waals surface area contributed by atoms with Gasteiger partial charge in [0.15, 0.2) is 0 Å². The fourth-order valence-corrected chi connectivity index (χ4v) is 0.623. The van der Waals surface area contributed by atoms with E-state index in [1.807, 2.05) is 18.2 Å². The molecule has 4 heteroatoms. The number of hydrogen-bond donors (Lipinski definition) is 1. The topological polar surface area (TPSA) is 52.2 Å². The van der Waals surface area contributed by atoms with Crippen molar-refractivity contribution >= 4 is 5.69 Å². The van der Waals surface area contributed by atoms with Crippen LogP contribution >= 0.6 is 0 Å². The van der Waals surface area contributed by atoms with Gasteiger partial charge in [-0.2, -0.15) is 0 Å². The van der Waals surface area contributed by atoms with Gasteiger partial charge in [-0.3, -0.25) is 0 Å². The maximum absolute atomic E-state index is 10.4. The van der Waals surface area contributed by atoms with E-state index in [-0.39, 0.29) is 5.17 Å². The van der Waals surface area contributed by atoms with Gasteiger partial charge < -0.3 is 5.21 Å². The quantitative estimate of drug-likeness (QED) is 0.491. The van der Waals surface area contributed by atoms with Crippen LogP contribution in [-0.2, 0) is 0 Å². The predicted molar refractivity (Wildman–Crippen MR) is 41.2 cm³/mol. The molecule has 1 aromatic carbocycles. The fraction of sp³-hybridized carbons (Fsp3) is 0.143. The van der Waals surface area contributed by atoms with E-state index in [1.54, 1.807) is 12.1 Å². The van der Waals surface area contributed by atoms with Crippen LogP contribution in [0.4, 0.5) is 5.69 Å². The molecule has 11 heavy (non-hydrogen) atoms. The third-order valence-electron chi connectivity index (χ3n) is 1.06. The normalized spacial score (nSPS) is 13.6. The number of nitrogens with zero attached hydrogens (tertiary/aromatic N) is 2. The Hall–Kier alpha value is -1.26. The largest absolute Gasteiger partial charge is 0.605 e. The summed E-state index contributed by atoms with van der Waals surface area (Å²) in [6, 6.07) is 9.13. The van der Waals surface area contributed by atoms with Gasteiger partial charge in [-0.15, -0.1) is 5.11 Å². The van der Waals surface area contributed by atoms with Crippen molar-refractivity contribution in [2.24, 2.45) is 10.3 Å². The van der Waals surface area contributed by atoms with Gasteiger partial charge in [0.1, 0.15) is 0 Å². The highest BCUT2D eigenvalue weighted by molar-refractivity contribution is 5.34. The lowest BCUT2D eigenvalue weighted by Gasteiger charge is -2.03. The molecule has 0 radical (unpaired) electrons. The number of rotatable bonds is 2. The minimum Gasteiger partial charge on any atom is -0.605 e. The second-order valence-electron chi connectivity index (χ2n) is 2.05. The van der Waals surface area contributed by atoms with Crippen LogP contribution < -0.4 is 5.17 Å². The van der Waals surface area contributed by atoms with Gasteiger partial charge in [-0.25, -0.2) is 5.17 Å². The summed E-state index contributed by atoms with van der Waals surface area (Å²) in [6.45, 7) is 0. The van der Waals surface area contributed by atoms with Crippen molar-refractivity contribution in [3.63, 3.8) is 0 Å². The second kappa shape index (κ2) is 3.80. The first-order chi connectivity index (χ1) is 5.29. The third-order valence-corrected chi connectivity index (χ3v) is 1.06. The molecule has 58 valence electrons. The minimum absolute atomic E-state index is 0.283. The molecule has 0 saturated heterocycles. The van der Waals surface area contributed by atoms with Crippen molar-refractivity contribution in [1.29, 1.82) is 0 Å². The molecule has 0 saturated carbocycles. The lowest BCUT2D eigenvalue weighted by Crippen LogP contribution is -2.98. The number of hydrogen-bond acceptors (Lipinski definition) is 3. The van der Waals surface area contributed by atoms with E-state index in [2.05, 4.69) is 10.3 Å². The Balaban J connectivity index is 2.65. The molecular formula is C7H9N3O. The van der Waals surface area contributed by atoms with E-state index >= 15 is 0 Å². The number of hydroxylamine groups is 1. The van der Waals surface area contributed by atoms with E-state index in [1.165, 1.54) is 7.05 Å². The molecule has 1 aromatic rings. The van der Waals surface area contributed by atoms with Crippen molar-refractivity contribution in [3.05, 3.63) is 35.5 Å². The molecule has 4 nitrogen and oxygen atoms in total. The monoisotopic (exact) mass is 151 g/mol. The maximum Gasteiger partial charge on any atom is 0.0921 e. The summed E-state index contributed by atoms with van der Waals surface area (Å²) in [5, 5.41) is 17.1. The standard InChI is InChI=1S/C7H9N3O/c1-10(11)9-8-7-5-3-2-4-6-7/h2-6,10H,1H3. The van der Waals surface area contributed by atoms with Gasteiger partial charge in [-0.05, 0) is 12.1 Å². The molecular weight excluding hydrogens is 142 g/mol. The Bertz CT molecular complexity index is 233. The van der Waals surface area contributed by atoms with Gasteiger partial charge in [-0.1, -0.05) is 18.2 Å². The average molecular weight is 151 g/mol. The van der Waals surface area contributed by atoms with Gasteiger partial charge in [0.2, 0.25) is 0 Å². The summed E-state index contributed by atoms with van der Waals surface area (Å²) >= 11 is 0. The van der Waals surface area contributed by atoms with E-state index < -0.39 is 0 Å². The smallest absolute Gasteiger partial charge is 0.0921 e. The van der Waals surface area contributed by atoms with Crippen LogP contribution in [-0.4, -0.2) is 7.05 Å². The highest BCUT2D eigenvalue weighted by Gasteiger charge is 1.84. The van der Waals surface area contributed by atoms with E-state index in [0.29, 0.717) is 5.69 Å². The SMILES string of the molecule is C[NH+]([O-])N=Nc1ccccc1. The molecule has 0 aliphatic heterocycles.